The molecule has 170 valence electrons. The van der Waals surface area contributed by atoms with E-state index in [0.717, 1.165) is 24.0 Å². The maximum absolute atomic E-state index is 13.2. The summed E-state index contributed by atoms with van der Waals surface area (Å²) < 4.78 is 1.33. The fraction of sp³-hybridized carbons (Fsp3) is 0.296. The minimum absolute atomic E-state index is 0.0184. The van der Waals surface area contributed by atoms with Gasteiger partial charge in [-0.15, -0.1) is 0 Å². The highest BCUT2D eigenvalue weighted by molar-refractivity contribution is 5.93. The Hall–Kier alpha value is -3.67. The highest BCUT2D eigenvalue weighted by atomic mass is 16.2. The molecule has 0 aliphatic carbocycles. The fourth-order valence-electron chi connectivity index (χ4n) is 4.33. The van der Waals surface area contributed by atoms with E-state index in [2.05, 4.69) is 37.4 Å². The van der Waals surface area contributed by atoms with E-state index in [1.807, 2.05) is 35.2 Å². The number of rotatable bonds is 6. The molecule has 2 heterocycles. The molecule has 3 aromatic rings. The summed E-state index contributed by atoms with van der Waals surface area (Å²) in [6, 6.07) is 19.0. The van der Waals surface area contributed by atoms with Crippen LogP contribution in [0.4, 0.5) is 0 Å². The molecule has 4 rings (SSSR count). The Morgan fingerprint density at radius 3 is 2.55 bits per heavy atom. The molecule has 1 aliphatic heterocycles. The van der Waals surface area contributed by atoms with E-state index in [0.29, 0.717) is 13.1 Å². The van der Waals surface area contributed by atoms with Crippen molar-refractivity contribution in [3.63, 3.8) is 0 Å². The first-order chi connectivity index (χ1) is 15.9. The zero-order valence-electron chi connectivity index (χ0n) is 19.1. The SMILES string of the molecule is Cc1ccc(C2CCCN2C(=O)Cn2cccc(C(=O)NCc3ccccc3)c2=O)cc1C. The van der Waals surface area contributed by atoms with Gasteiger partial charge in [0, 0.05) is 19.3 Å². The molecule has 6 heteroatoms. The quantitative estimate of drug-likeness (QED) is 0.631. The van der Waals surface area contributed by atoms with Crippen LogP contribution in [-0.2, 0) is 17.9 Å². The minimum atomic E-state index is -0.460. The molecule has 1 aliphatic rings. The van der Waals surface area contributed by atoms with Crippen molar-refractivity contribution in [1.29, 1.82) is 0 Å². The van der Waals surface area contributed by atoms with Crippen molar-refractivity contribution >= 4 is 11.8 Å². The van der Waals surface area contributed by atoms with Crippen LogP contribution in [0.3, 0.4) is 0 Å². The van der Waals surface area contributed by atoms with Gasteiger partial charge in [0.25, 0.3) is 11.5 Å². The second kappa shape index (κ2) is 9.86. The van der Waals surface area contributed by atoms with Gasteiger partial charge in [0.1, 0.15) is 12.1 Å². The van der Waals surface area contributed by atoms with Crippen LogP contribution >= 0.6 is 0 Å². The number of aromatic nitrogens is 1. The third-order valence-corrected chi connectivity index (χ3v) is 6.36. The summed E-state index contributed by atoms with van der Waals surface area (Å²) in [6.07, 6.45) is 3.40. The number of aryl methyl sites for hydroxylation is 2. The third kappa shape index (κ3) is 5.06. The van der Waals surface area contributed by atoms with Gasteiger partial charge in [0.15, 0.2) is 0 Å². The number of carbonyl (C=O) groups excluding carboxylic acids is 2. The van der Waals surface area contributed by atoms with E-state index in [4.69, 9.17) is 0 Å². The zero-order valence-corrected chi connectivity index (χ0v) is 19.1. The number of pyridine rings is 1. The summed E-state index contributed by atoms with van der Waals surface area (Å²) in [7, 11) is 0. The van der Waals surface area contributed by atoms with Crippen molar-refractivity contribution in [3.8, 4) is 0 Å². The average Bonchev–Trinajstić information content (AvgIpc) is 3.31. The highest BCUT2D eigenvalue weighted by Gasteiger charge is 2.30. The number of likely N-dealkylation sites (tertiary alicyclic amines) is 1. The van der Waals surface area contributed by atoms with Gasteiger partial charge in [-0.05, 0) is 61.1 Å². The predicted molar refractivity (Wildman–Crippen MR) is 128 cm³/mol. The molecule has 0 saturated carbocycles. The summed E-state index contributed by atoms with van der Waals surface area (Å²) in [5.74, 6) is -0.556. The zero-order chi connectivity index (χ0) is 23.4. The molecule has 1 fully saturated rings. The van der Waals surface area contributed by atoms with Crippen molar-refractivity contribution in [3.05, 3.63) is 105 Å². The van der Waals surface area contributed by atoms with Crippen LogP contribution in [0.5, 0.6) is 0 Å². The number of hydrogen-bond acceptors (Lipinski definition) is 3. The second-order valence-electron chi connectivity index (χ2n) is 8.61. The lowest BCUT2D eigenvalue weighted by Gasteiger charge is -2.26. The van der Waals surface area contributed by atoms with Gasteiger partial charge in [-0.3, -0.25) is 14.4 Å². The van der Waals surface area contributed by atoms with Gasteiger partial charge in [0.2, 0.25) is 5.91 Å². The molecule has 0 spiro atoms. The van der Waals surface area contributed by atoms with Gasteiger partial charge < -0.3 is 14.8 Å². The molecule has 2 aromatic carbocycles. The first-order valence-corrected chi connectivity index (χ1v) is 11.3. The lowest BCUT2D eigenvalue weighted by atomic mass is 9.99. The molecule has 2 amide bonds. The maximum atomic E-state index is 13.2. The number of nitrogens with one attached hydrogen (secondary N) is 1. The molecule has 33 heavy (non-hydrogen) atoms. The Bertz CT molecular complexity index is 1220. The van der Waals surface area contributed by atoms with Crippen LogP contribution in [0.1, 0.15) is 51.5 Å². The lowest BCUT2D eigenvalue weighted by molar-refractivity contribution is -0.132. The van der Waals surface area contributed by atoms with E-state index in [-0.39, 0.29) is 24.1 Å². The minimum Gasteiger partial charge on any atom is -0.348 e. The van der Waals surface area contributed by atoms with Crippen molar-refractivity contribution in [1.82, 2.24) is 14.8 Å². The summed E-state index contributed by atoms with van der Waals surface area (Å²) in [4.78, 5) is 40.6. The number of benzene rings is 2. The summed E-state index contributed by atoms with van der Waals surface area (Å²) >= 11 is 0. The molecule has 1 atom stereocenters. The van der Waals surface area contributed by atoms with Crippen LogP contribution in [0, 0.1) is 13.8 Å². The largest absolute Gasteiger partial charge is 0.348 e. The lowest BCUT2D eigenvalue weighted by Crippen LogP contribution is -2.38. The van der Waals surface area contributed by atoms with Crippen LogP contribution in [0.25, 0.3) is 0 Å². The molecule has 1 unspecified atom stereocenters. The van der Waals surface area contributed by atoms with Crippen molar-refractivity contribution < 1.29 is 9.59 Å². The summed E-state index contributed by atoms with van der Waals surface area (Å²) in [5, 5.41) is 2.78. The van der Waals surface area contributed by atoms with Gasteiger partial charge in [0.05, 0.1) is 6.04 Å². The average molecular weight is 444 g/mol. The van der Waals surface area contributed by atoms with Crippen LogP contribution in [0.15, 0.2) is 71.7 Å². The number of hydrogen-bond donors (Lipinski definition) is 1. The Morgan fingerprint density at radius 1 is 1.00 bits per heavy atom. The van der Waals surface area contributed by atoms with E-state index >= 15 is 0 Å². The van der Waals surface area contributed by atoms with Crippen LogP contribution < -0.4 is 10.9 Å². The molecule has 1 aromatic heterocycles. The van der Waals surface area contributed by atoms with Crippen LogP contribution in [-0.4, -0.2) is 27.8 Å². The van der Waals surface area contributed by atoms with E-state index in [9.17, 15) is 14.4 Å². The Morgan fingerprint density at radius 2 is 1.79 bits per heavy atom. The monoisotopic (exact) mass is 443 g/mol. The number of carbonyl (C=O) groups is 2. The molecule has 0 radical (unpaired) electrons. The molecule has 1 N–H and O–H groups in total. The topological polar surface area (TPSA) is 71.4 Å². The van der Waals surface area contributed by atoms with Crippen molar-refractivity contribution in [2.45, 2.75) is 45.8 Å². The van der Waals surface area contributed by atoms with Crippen molar-refractivity contribution in [2.24, 2.45) is 0 Å². The van der Waals surface area contributed by atoms with E-state index < -0.39 is 11.5 Å². The first kappa shape index (κ1) is 22.5. The van der Waals surface area contributed by atoms with E-state index in [1.54, 1.807) is 12.3 Å². The molecular formula is C27H29N3O3. The molecule has 0 bridgehead atoms. The van der Waals surface area contributed by atoms with Crippen LogP contribution in [0.2, 0.25) is 0 Å². The number of nitrogens with zero attached hydrogens (tertiary/aromatic N) is 2. The predicted octanol–water partition coefficient (Wildman–Crippen LogP) is 3.76. The smallest absolute Gasteiger partial charge is 0.263 e. The van der Waals surface area contributed by atoms with Gasteiger partial charge in [-0.2, -0.15) is 0 Å². The molecular weight excluding hydrogens is 414 g/mol. The van der Waals surface area contributed by atoms with E-state index in [1.165, 1.54) is 21.8 Å². The Labute approximate surface area is 193 Å². The normalized spacial score (nSPS) is 15.5. The third-order valence-electron chi connectivity index (χ3n) is 6.36. The summed E-state index contributed by atoms with van der Waals surface area (Å²) in [6.45, 7) is 5.07. The van der Waals surface area contributed by atoms with Gasteiger partial charge in [-0.25, -0.2) is 0 Å². The Balaban J connectivity index is 1.47. The van der Waals surface area contributed by atoms with Gasteiger partial charge in [-0.1, -0.05) is 48.5 Å². The number of amides is 2. The fourth-order valence-corrected chi connectivity index (χ4v) is 4.33. The Kier molecular flexibility index (Phi) is 6.73. The standard InChI is InChI=1S/C27H29N3O3/c1-19-12-13-22(16-20(19)2)24-11-7-15-30(24)25(31)18-29-14-6-10-23(27(29)33)26(32)28-17-21-8-4-3-5-9-21/h3-6,8-10,12-14,16,24H,7,11,15,17-18H2,1-2H3,(H,28,32). The highest BCUT2D eigenvalue weighted by Crippen LogP contribution is 2.33. The summed E-state index contributed by atoms with van der Waals surface area (Å²) in [5.41, 5.74) is 4.08. The van der Waals surface area contributed by atoms with Gasteiger partial charge >= 0.3 is 0 Å². The van der Waals surface area contributed by atoms with Crippen molar-refractivity contribution in [2.75, 3.05) is 6.54 Å². The maximum Gasteiger partial charge on any atom is 0.263 e. The first-order valence-electron chi connectivity index (χ1n) is 11.3. The second-order valence-corrected chi connectivity index (χ2v) is 8.61. The molecule has 6 nitrogen and oxygen atoms in total. The molecule has 1 saturated heterocycles.